The first kappa shape index (κ1) is 20.7. The van der Waals surface area contributed by atoms with E-state index in [1.807, 2.05) is 63.2 Å². The molecule has 0 bridgehead atoms. The minimum atomic E-state index is -0.504. The van der Waals surface area contributed by atoms with Gasteiger partial charge in [-0.05, 0) is 56.5 Å². The lowest BCUT2D eigenvalue weighted by molar-refractivity contribution is 0.0270. The first-order valence-electron chi connectivity index (χ1n) is 9.87. The molecule has 0 aliphatic carbocycles. The van der Waals surface area contributed by atoms with E-state index in [-0.39, 0.29) is 11.7 Å². The van der Waals surface area contributed by atoms with E-state index in [0.717, 1.165) is 16.9 Å². The number of hydrogen-bond acceptors (Lipinski definition) is 4. The second-order valence-electron chi connectivity index (χ2n) is 8.01. The van der Waals surface area contributed by atoms with Gasteiger partial charge >= 0.3 is 6.09 Å². The average molecular weight is 396 g/mol. The zero-order valence-electron chi connectivity index (χ0n) is 17.3. The Morgan fingerprint density at radius 2 is 1.90 bits per heavy atom. The minimum absolute atomic E-state index is 0.0605. The van der Waals surface area contributed by atoms with Crippen LogP contribution in [0, 0.1) is 0 Å². The molecule has 2 heterocycles. The molecule has 0 N–H and O–H groups in total. The Balaban J connectivity index is 1.57. The van der Waals surface area contributed by atoms with Crippen LogP contribution < -0.4 is 10.3 Å². The topological polar surface area (TPSA) is 60.8 Å². The van der Waals surface area contributed by atoms with E-state index in [1.165, 1.54) is 0 Å². The summed E-state index contributed by atoms with van der Waals surface area (Å²) in [7, 11) is 0. The molecule has 3 rings (SSSR count). The van der Waals surface area contributed by atoms with Crippen molar-refractivity contribution in [1.29, 1.82) is 0 Å². The lowest BCUT2D eigenvalue weighted by atomic mass is 10.0. The van der Waals surface area contributed by atoms with Crippen LogP contribution >= 0.6 is 0 Å². The number of carbonyl (C=O) groups excluding carboxylic acids is 1. The van der Waals surface area contributed by atoms with Gasteiger partial charge in [-0.1, -0.05) is 24.3 Å². The molecule has 1 aromatic heterocycles. The van der Waals surface area contributed by atoms with E-state index in [4.69, 9.17) is 9.47 Å². The Morgan fingerprint density at radius 3 is 2.52 bits per heavy atom. The molecule has 0 atom stereocenters. The number of para-hydroxylation sites is 1. The van der Waals surface area contributed by atoms with Crippen LogP contribution in [0.4, 0.5) is 4.79 Å². The summed E-state index contributed by atoms with van der Waals surface area (Å²) in [5, 5.41) is 0. The molecule has 1 aliphatic rings. The Kier molecular flexibility index (Phi) is 6.42. The normalized spacial score (nSPS) is 14.3. The van der Waals surface area contributed by atoms with Gasteiger partial charge in [-0.25, -0.2) is 4.79 Å². The highest BCUT2D eigenvalue weighted by Crippen LogP contribution is 2.22. The Morgan fingerprint density at radius 1 is 1.14 bits per heavy atom. The minimum Gasteiger partial charge on any atom is -0.492 e. The number of nitrogens with zero attached hydrogens (tertiary/aromatic N) is 2. The van der Waals surface area contributed by atoms with Gasteiger partial charge in [-0.2, -0.15) is 0 Å². The van der Waals surface area contributed by atoms with Crippen LogP contribution in [-0.4, -0.2) is 40.9 Å². The third-order valence-electron chi connectivity index (χ3n) is 4.57. The van der Waals surface area contributed by atoms with Gasteiger partial charge in [-0.15, -0.1) is 0 Å². The molecule has 0 radical (unpaired) electrons. The van der Waals surface area contributed by atoms with Crippen LogP contribution in [-0.2, 0) is 11.3 Å². The van der Waals surface area contributed by atoms with Crippen molar-refractivity contribution in [3.8, 4) is 5.75 Å². The molecular weight excluding hydrogens is 368 g/mol. The van der Waals surface area contributed by atoms with Crippen molar-refractivity contribution in [2.45, 2.75) is 39.3 Å². The highest BCUT2D eigenvalue weighted by molar-refractivity contribution is 5.72. The van der Waals surface area contributed by atoms with Crippen LogP contribution in [0.1, 0.15) is 32.8 Å². The van der Waals surface area contributed by atoms with Crippen molar-refractivity contribution < 1.29 is 14.3 Å². The zero-order valence-corrected chi connectivity index (χ0v) is 17.3. The van der Waals surface area contributed by atoms with Crippen molar-refractivity contribution in [3.63, 3.8) is 0 Å². The number of benzene rings is 1. The molecule has 0 fully saturated rings. The molecule has 1 aliphatic heterocycles. The van der Waals surface area contributed by atoms with Gasteiger partial charge in [0.2, 0.25) is 0 Å². The zero-order chi connectivity index (χ0) is 20.9. The summed E-state index contributed by atoms with van der Waals surface area (Å²) in [4.78, 5) is 26.3. The van der Waals surface area contributed by atoms with E-state index < -0.39 is 5.60 Å². The maximum absolute atomic E-state index is 12.4. The van der Waals surface area contributed by atoms with Gasteiger partial charge < -0.3 is 18.9 Å². The maximum atomic E-state index is 12.4. The molecule has 0 saturated carbocycles. The number of amides is 1. The fourth-order valence-corrected chi connectivity index (χ4v) is 3.09. The summed E-state index contributed by atoms with van der Waals surface area (Å²) in [6.07, 6.45) is 4.18. The summed E-state index contributed by atoms with van der Waals surface area (Å²) in [6.45, 7) is 7.55. The molecule has 154 valence electrons. The van der Waals surface area contributed by atoms with Crippen LogP contribution in [0.2, 0.25) is 0 Å². The van der Waals surface area contributed by atoms with Gasteiger partial charge in [0.05, 0.1) is 6.54 Å². The Bertz CT molecular complexity index is 926. The molecule has 6 nitrogen and oxygen atoms in total. The Labute approximate surface area is 171 Å². The smallest absolute Gasteiger partial charge is 0.410 e. The number of pyridine rings is 1. The molecule has 29 heavy (non-hydrogen) atoms. The van der Waals surface area contributed by atoms with E-state index >= 15 is 0 Å². The standard InChI is InChI=1S/C23H28N2O4/c1-23(2,3)29-22(27)25-13-9-18(10-14-25)19-11-12-24(21(26)17-19)15-16-28-20-7-5-4-6-8-20/h4-9,11-12,17H,10,13-16H2,1-3H3. The summed E-state index contributed by atoms with van der Waals surface area (Å²) in [5.74, 6) is 0.791. The van der Waals surface area contributed by atoms with Crippen LogP contribution in [0.25, 0.3) is 5.57 Å². The van der Waals surface area contributed by atoms with Gasteiger partial charge in [0.25, 0.3) is 5.56 Å². The summed E-state index contributed by atoms with van der Waals surface area (Å²) in [5.41, 5.74) is 1.42. The van der Waals surface area contributed by atoms with Crippen molar-refractivity contribution in [1.82, 2.24) is 9.47 Å². The van der Waals surface area contributed by atoms with Gasteiger partial charge in [0.1, 0.15) is 18.0 Å². The predicted octanol–water partition coefficient (Wildman–Crippen LogP) is 3.95. The van der Waals surface area contributed by atoms with Gasteiger partial charge in [0, 0.05) is 25.4 Å². The largest absolute Gasteiger partial charge is 0.492 e. The molecule has 0 spiro atoms. The summed E-state index contributed by atoms with van der Waals surface area (Å²) < 4.78 is 12.7. The van der Waals surface area contributed by atoms with E-state index in [9.17, 15) is 9.59 Å². The quantitative estimate of drug-likeness (QED) is 0.768. The second-order valence-corrected chi connectivity index (χ2v) is 8.01. The second kappa shape index (κ2) is 8.99. The van der Waals surface area contributed by atoms with Crippen LogP contribution in [0.5, 0.6) is 5.75 Å². The van der Waals surface area contributed by atoms with E-state index in [0.29, 0.717) is 32.7 Å². The number of aromatic nitrogens is 1. The van der Waals surface area contributed by atoms with Crippen molar-refractivity contribution in [2.24, 2.45) is 0 Å². The van der Waals surface area contributed by atoms with E-state index in [1.54, 1.807) is 21.7 Å². The SMILES string of the molecule is CC(C)(C)OC(=O)N1CC=C(c2ccn(CCOc3ccccc3)c(=O)c2)CC1. The average Bonchev–Trinajstić information content (AvgIpc) is 2.69. The van der Waals surface area contributed by atoms with Crippen LogP contribution in [0.3, 0.4) is 0 Å². The molecule has 6 heteroatoms. The summed E-state index contributed by atoms with van der Waals surface area (Å²) in [6, 6.07) is 13.1. The highest BCUT2D eigenvalue weighted by Gasteiger charge is 2.23. The fourth-order valence-electron chi connectivity index (χ4n) is 3.09. The summed E-state index contributed by atoms with van der Waals surface area (Å²) >= 11 is 0. The molecule has 1 amide bonds. The fraction of sp³-hybridized carbons (Fsp3) is 0.391. The van der Waals surface area contributed by atoms with Crippen LogP contribution in [0.15, 0.2) is 59.5 Å². The number of rotatable bonds is 5. The third kappa shape index (κ3) is 5.98. The molecular formula is C23H28N2O4. The molecule has 0 unspecified atom stereocenters. The number of hydrogen-bond donors (Lipinski definition) is 0. The first-order chi connectivity index (χ1) is 13.8. The Hall–Kier alpha value is -3.02. The number of ether oxygens (including phenoxy) is 2. The molecule has 1 aromatic carbocycles. The van der Waals surface area contributed by atoms with Gasteiger partial charge in [-0.3, -0.25) is 4.79 Å². The third-order valence-corrected chi connectivity index (χ3v) is 4.57. The van der Waals surface area contributed by atoms with E-state index in [2.05, 4.69) is 0 Å². The number of carbonyl (C=O) groups is 1. The highest BCUT2D eigenvalue weighted by atomic mass is 16.6. The molecule has 2 aromatic rings. The monoisotopic (exact) mass is 396 g/mol. The van der Waals surface area contributed by atoms with Crippen molar-refractivity contribution in [3.05, 3.63) is 70.7 Å². The predicted molar refractivity (Wildman–Crippen MR) is 113 cm³/mol. The molecule has 0 saturated heterocycles. The van der Waals surface area contributed by atoms with Crippen molar-refractivity contribution >= 4 is 11.7 Å². The maximum Gasteiger partial charge on any atom is 0.410 e. The lowest BCUT2D eigenvalue weighted by Gasteiger charge is -2.29. The first-order valence-corrected chi connectivity index (χ1v) is 9.87. The van der Waals surface area contributed by atoms with Gasteiger partial charge in [0.15, 0.2) is 0 Å². The lowest BCUT2D eigenvalue weighted by Crippen LogP contribution is -2.39. The van der Waals surface area contributed by atoms with Crippen molar-refractivity contribution in [2.75, 3.05) is 19.7 Å².